The van der Waals surface area contributed by atoms with E-state index in [0.29, 0.717) is 37.2 Å². The average Bonchev–Trinajstić information content (AvgIpc) is 3.45. The zero-order chi connectivity index (χ0) is 22.1. The molecule has 0 spiro atoms. The summed E-state index contributed by atoms with van der Waals surface area (Å²) < 4.78 is 11.3. The van der Waals surface area contributed by atoms with Gasteiger partial charge in [-0.1, -0.05) is 31.1 Å². The fourth-order valence-electron chi connectivity index (χ4n) is 4.60. The van der Waals surface area contributed by atoms with Crippen LogP contribution in [0.3, 0.4) is 0 Å². The number of rotatable bonds is 6. The number of hydrogen-bond donors (Lipinski definition) is 0. The Bertz CT molecular complexity index is 1100. The second-order valence-corrected chi connectivity index (χ2v) is 9.21. The van der Waals surface area contributed by atoms with Crippen LogP contribution in [-0.4, -0.2) is 29.2 Å². The molecule has 0 saturated carbocycles. The summed E-state index contributed by atoms with van der Waals surface area (Å²) in [6.07, 6.45) is 4.95. The van der Waals surface area contributed by atoms with Crippen molar-refractivity contribution in [3.8, 4) is 17.1 Å². The van der Waals surface area contributed by atoms with E-state index in [1.54, 1.807) is 0 Å². The van der Waals surface area contributed by atoms with E-state index in [9.17, 15) is 4.79 Å². The molecule has 2 heterocycles. The van der Waals surface area contributed by atoms with Gasteiger partial charge in [-0.3, -0.25) is 4.79 Å². The zero-order valence-electron chi connectivity index (χ0n) is 18.7. The van der Waals surface area contributed by atoms with E-state index in [2.05, 4.69) is 42.2 Å². The van der Waals surface area contributed by atoms with E-state index in [4.69, 9.17) is 9.26 Å². The Balaban J connectivity index is 1.31. The van der Waals surface area contributed by atoms with Gasteiger partial charge < -0.3 is 14.2 Å². The fraction of sp³-hybridized carbons (Fsp3) is 0.423. The molecule has 0 bridgehead atoms. The van der Waals surface area contributed by atoms with E-state index in [1.807, 2.05) is 29.2 Å². The number of aryl methyl sites for hydroxylation is 1. The fourth-order valence-corrected chi connectivity index (χ4v) is 4.60. The maximum Gasteiger partial charge on any atom is 0.232 e. The number of carbonyl (C=O) groups excluding carboxylic acids is 1. The number of hydrogen-bond acceptors (Lipinski definition) is 5. The number of fused-ring (bicyclic) bond motifs is 1. The molecule has 6 heteroatoms. The molecule has 32 heavy (non-hydrogen) atoms. The third kappa shape index (κ3) is 4.14. The molecule has 166 valence electrons. The molecule has 1 saturated heterocycles. The van der Waals surface area contributed by atoms with Crippen molar-refractivity contribution >= 4 is 11.6 Å². The van der Waals surface area contributed by atoms with Gasteiger partial charge in [-0.05, 0) is 73.1 Å². The summed E-state index contributed by atoms with van der Waals surface area (Å²) in [5, 5.41) is 4.17. The minimum atomic E-state index is -0.0863. The number of benzene rings is 2. The standard InChI is InChI=1S/C26H29N3O3/c1-17(2)16-31-21-12-10-19(11-13-21)25-27-26(32-28-25)20-14-24(30)29(15-20)23-9-5-7-18-6-3-4-8-22(18)23/h5,7,9-13,17,20H,3-4,6,8,14-16H2,1-2H3. The lowest BCUT2D eigenvalue weighted by Crippen LogP contribution is -2.26. The van der Waals surface area contributed by atoms with Gasteiger partial charge in [-0.2, -0.15) is 4.98 Å². The predicted molar refractivity (Wildman–Crippen MR) is 123 cm³/mol. The number of nitrogens with zero attached hydrogens (tertiary/aromatic N) is 3. The Morgan fingerprint density at radius 1 is 1.12 bits per heavy atom. The Labute approximate surface area is 188 Å². The molecular formula is C26H29N3O3. The second kappa shape index (κ2) is 8.77. The highest BCUT2D eigenvalue weighted by Gasteiger charge is 2.36. The highest BCUT2D eigenvalue weighted by atomic mass is 16.5. The highest BCUT2D eigenvalue weighted by Crippen LogP contribution is 2.36. The number of amides is 1. The highest BCUT2D eigenvalue weighted by molar-refractivity contribution is 5.97. The van der Waals surface area contributed by atoms with Gasteiger partial charge in [0.25, 0.3) is 0 Å². The molecule has 6 nitrogen and oxygen atoms in total. The van der Waals surface area contributed by atoms with E-state index < -0.39 is 0 Å². The molecule has 5 rings (SSSR count). The summed E-state index contributed by atoms with van der Waals surface area (Å²) >= 11 is 0. The monoisotopic (exact) mass is 431 g/mol. The first-order valence-electron chi connectivity index (χ1n) is 11.6. The van der Waals surface area contributed by atoms with E-state index in [1.165, 1.54) is 24.0 Å². The molecule has 1 atom stereocenters. The molecule has 1 unspecified atom stereocenters. The van der Waals surface area contributed by atoms with Gasteiger partial charge in [0, 0.05) is 24.2 Å². The van der Waals surface area contributed by atoms with Crippen LogP contribution in [0.25, 0.3) is 11.4 Å². The summed E-state index contributed by atoms with van der Waals surface area (Å²) in [7, 11) is 0. The Kier molecular flexibility index (Phi) is 5.68. The van der Waals surface area contributed by atoms with Crippen LogP contribution in [-0.2, 0) is 17.6 Å². The molecule has 2 aromatic carbocycles. The van der Waals surface area contributed by atoms with Crippen LogP contribution in [0, 0.1) is 5.92 Å². The minimum Gasteiger partial charge on any atom is -0.493 e. The van der Waals surface area contributed by atoms with Crippen LogP contribution in [0.4, 0.5) is 5.69 Å². The molecule has 1 aromatic heterocycles. The minimum absolute atomic E-state index is 0.0863. The van der Waals surface area contributed by atoms with E-state index >= 15 is 0 Å². The summed E-state index contributed by atoms with van der Waals surface area (Å²) in [5.41, 5.74) is 4.64. The molecule has 3 aromatic rings. The Morgan fingerprint density at radius 2 is 1.94 bits per heavy atom. The van der Waals surface area contributed by atoms with Crippen molar-refractivity contribution in [3.63, 3.8) is 0 Å². The topological polar surface area (TPSA) is 68.5 Å². The van der Waals surface area contributed by atoms with Gasteiger partial charge >= 0.3 is 0 Å². The third-order valence-corrected chi connectivity index (χ3v) is 6.27. The quantitative estimate of drug-likeness (QED) is 0.539. The first-order chi connectivity index (χ1) is 15.6. The molecule has 1 aliphatic carbocycles. The summed E-state index contributed by atoms with van der Waals surface area (Å²) in [5.74, 6) is 2.41. The van der Waals surface area contributed by atoms with Gasteiger partial charge in [0.2, 0.25) is 17.6 Å². The maximum absolute atomic E-state index is 12.9. The summed E-state index contributed by atoms with van der Waals surface area (Å²) in [6, 6.07) is 14.1. The lowest BCUT2D eigenvalue weighted by molar-refractivity contribution is -0.117. The molecular weight excluding hydrogens is 402 g/mol. The van der Waals surface area contributed by atoms with Crippen molar-refractivity contribution < 1.29 is 14.1 Å². The predicted octanol–water partition coefficient (Wildman–Crippen LogP) is 5.17. The SMILES string of the molecule is CC(C)COc1ccc(-c2noc(C3CC(=O)N(c4cccc5c4CCCC5)C3)n2)cc1. The number of anilines is 1. The van der Waals surface area contributed by atoms with Gasteiger partial charge in [-0.25, -0.2) is 0 Å². The van der Waals surface area contributed by atoms with Gasteiger partial charge in [0.1, 0.15) is 5.75 Å². The third-order valence-electron chi connectivity index (χ3n) is 6.27. The van der Waals surface area contributed by atoms with Crippen molar-refractivity contribution in [2.24, 2.45) is 5.92 Å². The van der Waals surface area contributed by atoms with Crippen molar-refractivity contribution in [3.05, 3.63) is 59.5 Å². The normalized spacial score (nSPS) is 18.3. The molecule has 1 aliphatic heterocycles. The van der Waals surface area contributed by atoms with Crippen molar-refractivity contribution in [1.29, 1.82) is 0 Å². The van der Waals surface area contributed by atoms with Crippen LogP contribution in [0.15, 0.2) is 47.0 Å². The first-order valence-corrected chi connectivity index (χ1v) is 11.6. The number of carbonyl (C=O) groups is 1. The van der Waals surface area contributed by atoms with E-state index in [0.717, 1.165) is 29.8 Å². The average molecular weight is 432 g/mol. The first kappa shape index (κ1) is 20.7. The zero-order valence-corrected chi connectivity index (χ0v) is 18.7. The van der Waals surface area contributed by atoms with Crippen molar-refractivity contribution in [2.45, 2.75) is 51.9 Å². The van der Waals surface area contributed by atoms with Gasteiger partial charge in [0.15, 0.2) is 0 Å². The van der Waals surface area contributed by atoms with Crippen LogP contribution >= 0.6 is 0 Å². The van der Waals surface area contributed by atoms with Crippen LogP contribution in [0.1, 0.15) is 56.0 Å². The maximum atomic E-state index is 12.9. The smallest absolute Gasteiger partial charge is 0.232 e. The lowest BCUT2D eigenvalue weighted by Gasteiger charge is -2.25. The summed E-state index contributed by atoms with van der Waals surface area (Å²) in [4.78, 5) is 19.4. The number of aromatic nitrogens is 2. The van der Waals surface area contributed by atoms with Crippen LogP contribution in [0.2, 0.25) is 0 Å². The molecule has 1 amide bonds. The molecule has 2 aliphatic rings. The Hall–Kier alpha value is -3.15. The molecule has 0 N–H and O–H groups in total. The second-order valence-electron chi connectivity index (χ2n) is 9.21. The number of ether oxygens (including phenoxy) is 1. The van der Waals surface area contributed by atoms with Crippen LogP contribution < -0.4 is 9.64 Å². The van der Waals surface area contributed by atoms with Gasteiger partial charge in [-0.15, -0.1) is 0 Å². The lowest BCUT2D eigenvalue weighted by atomic mass is 9.90. The van der Waals surface area contributed by atoms with E-state index in [-0.39, 0.29) is 11.8 Å². The largest absolute Gasteiger partial charge is 0.493 e. The van der Waals surface area contributed by atoms with Gasteiger partial charge in [0.05, 0.1) is 12.5 Å². The van der Waals surface area contributed by atoms with Crippen LogP contribution in [0.5, 0.6) is 5.75 Å². The van der Waals surface area contributed by atoms with Crippen molar-refractivity contribution in [2.75, 3.05) is 18.1 Å². The summed E-state index contributed by atoms with van der Waals surface area (Å²) in [6.45, 7) is 5.51. The molecule has 1 fully saturated rings. The Morgan fingerprint density at radius 3 is 2.75 bits per heavy atom. The molecule has 0 radical (unpaired) electrons. The van der Waals surface area contributed by atoms with Crippen molar-refractivity contribution in [1.82, 2.24) is 10.1 Å².